The predicted molar refractivity (Wildman–Crippen MR) is 80.7 cm³/mol. The van der Waals surface area contributed by atoms with Crippen LogP contribution in [0, 0.1) is 0 Å². The number of hydrogen-bond acceptors (Lipinski definition) is 3. The molecule has 0 saturated carbocycles. The highest BCUT2D eigenvalue weighted by atomic mass is 15.4. The third-order valence-electron chi connectivity index (χ3n) is 3.93. The van der Waals surface area contributed by atoms with Crippen molar-refractivity contribution in [1.29, 1.82) is 0 Å². The molecule has 1 aromatic heterocycles. The van der Waals surface area contributed by atoms with Crippen LogP contribution >= 0.6 is 0 Å². The van der Waals surface area contributed by atoms with Gasteiger partial charge in [-0.05, 0) is 12.5 Å². The maximum Gasteiger partial charge on any atom is 0.121 e. The van der Waals surface area contributed by atoms with E-state index in [2.05, 4.69) is 54.0 Å². The van der Waals surface area contributed by atoms with Gasteiger partial charge in [-0.3, -0.25) is 0 Å². The third-order valence-corrected chi connectivity index (χ3v) is 3.93. The maximum atomic E-state index is 4.37. The van der Waals surface area contributed by atoms with E-state index in [0.29, 0.717) is 0 Å². The molecule has 20 heavy (non-hydrogen) atoms. The fraction of sp³-hybridized carbons (Fsp3) is 0.250. The number of benzene rings is 1. The monoisotopic (exact) mass is 266 g/mol. The molecule has 0 radical (unpaired) electrons. The molecule has 1 aliphatic heterocycles. The fourth-order valence-corrected chi connectivity index (χ4v) is 2.73. The number of fused-ring (bicyclic) bond motifs is 3. The molecule has 0 bridgehead atoms. The highest BCUT2D eigenvalue weighted by Gasteiger charge is 2.23. The van der Waals surface area contributed by atoms with Crippen LogP contribution in [-0.4, -0.2) is 26.9 Å². The van der Waals surface area contributed by atoms with Crippen molar-refractivity contribution >= 4 is 5.57 Å². The van der Waals surface area contributed by atoms with E-state index in [1.54, 1.807) is 0 Å². The number of rotatable bonds is 1. The Kier molecular flexibility index (Phi) is 2.93. The van der Waals surface area contributed by atoms with Crippen LogP contribution in [0.5, 0.6) is 0 Å². The van der Waals surface area contributed by atoms with Gasteiger partial charge in [0.15, 0.2) is 0 Å². The summed E-state index contributed by atoms with van der Waals surface area (Å²) in [5, 5.41) is 8.57. The molecule has 102 valence electrons. The summed E-state index contributed by atoms with van der Waals surface area (Å²) >= 11 is 0. The van der Waals surface area contributed by atoms with Crippen LogP contribution in [0.2, 0.25) is 0 Å². The first-order valence-corrected chi connectivity index (χ1v) is 6.66. The Morgan fingerprint density at radius 2 is 2.00 bits per heavy atom. The summed E-state index contributed by atoms with van der Waals surface area (Å²) in [6, 6.07) is 8.37. The number of aryl methyl sites for hydroxylation is 1. The smallest absolute Gasteiger partial charge is 0.121 e. The van der Waals surface area contributed by atoms with Crippen LogP contribution in [0.15, 0.2) is 42.6 Å². The SMILES string of the molecule is C=CC1=C(C)N(C)Cc2ccccc2-c2nnn(C)c21. The summed E-state index contributed by atoms with van der Waals surface area (Å²) in [6.45, 7) is 6.93. The summed E-state index contributed by atoms with van der Waals surface area (Å²) in [5.41, 5.74) is 6.64. The van der Waals surface area contributed by atoms with Gasteiger partial charge in [0.1, 0.15) is 5.69 Å². The molecule has 0 fully saturated rings. The van der Waals surface area contributed by atoms with E-state index < -0.39 is 0 Å². The van der Waals surface area contributed by atoms with Gasteiger partial charge in [0.2, 0.25) is 0 Å². The van der Waals surface area contributed by atoms with Crippen molar-refractivity contribution in [3.8, 4) is 11.3 Å². The molecule has 0 spiro atoms. The summed E-state index contributed by atoms with van der Waals surface area (Å²) in [6.07, 6.45) is 1.89. The zero-order chi connectivity index (χ0) is 14.3. The molecule has 0 saturated heterocycles. The number of allylic oxidation sites excluding steroid dienone is 3. The third kappa shape index (κ3) is 1.76. The second-order valence-electron chi connectivity index (χ2n) is 5.13. The Bertz CT molecular complexity index is 709. The lowest BCUT2D eigenvalue weighted by Crippen LogP contribution is -2.19. The zero-order valence-corrected chi connectivity index (χ0v) is 12.1. The lowest BCUT2D eigenvalue weighted by atomic mass is 9.96. The molecule has 4 heteroatoms. The fourth-order valence-electron chi connectivity index (χ4n) is 2.73. The second kappa shape index (κ2) is 4.63. The van der Waals surface area contributed by atoms with Crippen LogP contribution in [0.25, 0.3) is 16.8 Å². The quantitative estimate of drug-likeness (QED) is 0.796. The van der Waals surface area contributed by atoms with Crippen LogP contribution in [0.3, 0.4) is 0 Å². The van der Waals surface area contributed by atoms with Gasteiger partial charge in [-0.2, -0.15) is 0 Å². The standard InChI is InChI=1S/C16H18N4/c1-5-13-11(2)19(3)10-12-8-6-7-9-14(12)15-16(13)20(4)18-17-15/h5-9H,1,10H2,2-4H3. The van der Waals surface area contributed by atoms with Crippen LogP contribution in [-0.2, 0) is 13.6 Å². The summed E-state index contributed by atoms with van der Waals surface area (Å²) in [5.74, 6) is 0. The predicted octanol–water partition coefficient (Wildman–Crippen LogP) is 2.84. The molecule has 0 atom stereocenters. The molecular formula is C16H18N4. The van der Waals surface area contributed by atoms with E-state index in [1.807, 2.05) is 23.9 Å². The molecule has 2 heterocycles. The van der Waals surface area contributed by atoms with Gasteiger partial charge >= 0.3 is 0 Å². The number of nitrogens with zero attached hydrogens (tertiary/aromatic N) is 4. The number of aromatic nitrogens is 3. The van der Waals surface area contributed by atoms with E-state index in [-0.39, 0.29) is 0 Å². The molecule has 2 aromatic rings. The molecule has 3 rings (SSSR count). The normalized spacial score (nSPS) is 14.4. The van der Waals surface area contributed by atoms with Gasteiger partial charge in [-0.1, -0.05) is 42.1 Å². The van der Waals surface area contributed by atoms with Crippen molar-refractivity contribution < 1.29 is 0 Å². The summed E-state index contributed by atoms with van der Waals surface area (Å²) in [7, 11) is 4.03. The molecule has 4 nitrogen and oxygen atoms in total. The number of hydrogen-bond donors (Lipinski definition) is 0. The van der Waals surface area contributed by atoms with Gasteiger partial charge in [0.25, 0.3) is 0 Å². The lowest BCUT2D eigenvalue weighted by molar-refractivity contribution is 0.414. The first kappa shape index (κ1) is 12.7. The van der Waals surface area contributed by atoms with E-state index in [0.717, 1.165) is 29.1 Å². The molecule has 0 aliphatic carbocycles. The summed E-state index contributed by atoms with van der Waals surface area (Å²) in [4.78, 5) is 2.24. The van der Waals surface area contributed by atoms with Crippen molar-refractivity contribution in [3.63, 3.8) is 0 Å². The maximum absolute atomic E-state index is 4.37. The van der Waals surface area contributed by atoms with E-state index in [1.165, 1.54) is 11.3 Å². The van der Waals surface area contributed by atoms with Crippen LogP contribution < -0.4 is 0 Å². The highest BCUT2D eigenvalue weighted by molar-refractivity contribution is 5.84. The second-order valence-corrected chi connectivity index (χ2v) is 5.13. The Balaban J connectivity index is 2.38. The van der Waals surface area contributed by atoms with E-state index in [4.69, 9.17) is 0 Å². The average molecular weight is 266 g/mol. The molecule has 0 unspecified atom stereocenters. The van der Waals surface area contributed by atoms with Gasteiger partial charge in [0.05, 0.1) is 5.69 Å². The van der Waals surface area contributed by atoms with Gasteiger partial charge in [-0.15, -0.1) is 5.10 Å². The first-order valence-electron chi connectivity index (χ1n) is 6.66. The first-order chi connectivity index (χ1) is 9.63. The minimum atomic E-state index is 0.857. The topological polar surface area (TPSA) is 34.0 Å². The molecule has 0 N–H and O–H groups in total. The van der Waals surface area contributed by atoms with Gasteiger partial charge < -0.3 is 4.90 Å². The van der Waals surface area contributed by atoms with Gasteiger partial charge in [-0.25, -0.2) is 4.68 Å². The van der Waals surface area contributed by atoms with Crippen molar-refractivity contribution in [2.75, 3.05) is 7.05 Å². The Labute approximate surface area is 119 Å². The molecule has 1 aromatic carbocycles. The van der Waals surface area contributed by atoms with Crippen molar-refractivity contribution in [3.05, 3.63) is 53.9 Å². The lowest BCUT2D eigenvalue weighted by Gasteiger charge is -2.26. The minimum absolute atomic E-state index is 0.857. The highest BCUT2D eigenvalue weighted by Crippen LogP contribution is 2.35. The average Bonchev–Trinajstić information content (AvgIpc) is 2.81. The van der Waals surface area contributed by atoms with Crippen molar-refractivity contribution in [2.45, 2.75) is 13.5 Å². The van der Waals surface area contributed by atoms with E-state index in [9.17, 15) is 0 Å². The van der Waals surface area contributed by atoms with Crippen LogP contribution in [0.4, 0.5) is 0 Å². The summed E-state index contributed by atoms with van der Waals surface area (Å²) < 4.78 is 1.83. The van der Waals surface area contributed by atoms with Gasteiger partial charge in [0, 0.05) is 37.5 Å². The molecule has 1 aliphatic rings. The van der Waals surface area contributed by atoms with Crippen molar-refractivity contribution in [1.82, 2.24) is 19.9 Å². The largest absolute Gasteiger partial charge is 0.373 e. The Morgan fingerprint density at radius 3 is 2.75 bits per heavy atom. The van der Waals surface area contributed by atoms with E-state index >= 15 is 0 Å². The van der Waals surface area contributed by atoms with Crippen LogP contribution in [0.1, 0.15) is 18.2 Å². The molecular weight excluding hydrogens is 248 g/mol. The Morgan fingerprint density at radius 1 is 1.25 bits per heavy atom. The molecule has 0 amide bonds. The minimum Gasteiger partial charge on any atom is -0.373 e. The van der Waals surface area contributed by atoms with Crippen molar-refractivity contribution in [2.24, 2.45) is 7.05 Å². The zero-order valence-electron chi connectivity index (χ0n) is 12.1. The Hall–Kier alpha value is -2.36.